The van der Waals surface area contributed by atoms with Crippen molar-refractivity contribution < 1.29 is 4.42 Å². The van der Waals surface area contributed by atoms with Crippen LogP contribution in [-0.2, 0) is 0 Å². The minimum atomic E-state index is 0.427. The summed E-state index contributed by atoms with van der Waals surface area (Å²) in [5.74, 6) is 1.08. The molecule has 122 valence electrons. The molecule has 0 fully saturated rings. The van der Waals surface area contributed by atoms with Crippen LogP contribution in [0.2, 0.25) is 0 Å². The van der Waals surface area contributed by atoms with Crippen LogP contribution >= 0.6 is 15.9 Å². The standard InChI is InChI=1S/C19H13BrN4O/c20-14-8-9-17-16(11-14)18(13-5-2-1-3-6-13)23-19(22-17)24-21-12-15-7-4-10-25-15/h1-12H,(H,22,23,24)/b21-12+. The van der Waals surface area contributed by atoms with Crippen LogP contribution < -0.4 is 5.43 Å². The fourth-order valence-electron chi connectivity index (χ4n) is 2.49. The van der Waals surface area contributed by atoms with Crippen LogP contribution in [0.15, 0.2) is 80.9 Å². The molecule has 0 saturated carbocycles. The molecule has 2 heterocycles. The highest BCUT2D eigenvalue weighted by Gasteiger charge is 2.10. The van der Waals surface area contributed by atoms with E-state index in [0.29, 0.717) is 11.7 Å². The highest BCUT2D eigenvalue weighted by atomic mass is 79.9. The summed E-state index contributed by atoms with van der Waals surface area (Å²) in [5, 5.41) is 5.11. The van der Waals surface area contributed by atoms with Gasteiger partial charge in [0.05, 0.1) is 23.7 Å². The van der Waals surface area contributed by atoms with Crippen molar-refractivity contribution in [1.82, 2.24) is 9.97 Å². The normalized spacial score (nSPS) is 11.2. The zero-order chi connectivity index (χ0) is 17.1. The number of benzene rings is 2. The van der Waals surface area contributed by atoms with Gasteiger partial charge in [-0.2, -0.15) is 5.10 Å². The van der Waals surface area contributed by atoms with Crippen molar-refractivity contribution in [1.29, 1.82) is 0 Å². The molecule has 6 heteroatoms. The van der Waals surface area contributed by atoms with Gasteiger partial charge in [0.25, 0.3) is 0 Å². The molecule has 0 aliphatic carbocycles. The van der Waals surface area contributed by atoms with Crippen LogP contribution in [-0.4, -0.2) is 16.2 Å². The number of rotatable bonds is 4. The number of anilines is 1. The number of nitrogens with one attached hydrogen (secondary N) is 1. The Balaban J connectivity index is 1.77. The third-order valence-corrected chi connectivity index (χ3v) is 4.10. The van der Waals surface area contributed by atoms with E-state index in [-0.39, 0.29) is 0 Å². The highest BCUT2D eigenvalue weighted by molar-refractivity contribution is 9.10. The topological polar surface area (TPSA) is 63.3 Å². The molecule has 4 aromatic rings. The summed E-state index contributed by atoms with van der Waals surface area (Å²) in [4.78, 5) is 9.18. The van der Waals surface area contributed by atoms with E-state index in [2.05, 4.69) is 36.4 Å². The molecular formula is C19H13BrN4O. The predicted octanol–water partition coefficient (Wildman–Crippen LogP) is 5.10. The maximum Gasteiger partial charge on any atom is 0.244 e. The molecular weight excluding hydrogens is 380 g/mol. The molecule has 0 aliphatic heterocycles. The quantitative estimate of drug-likeness (QED) is 0.387. The van der Waals surface area contributed by atoms with Crippen LogP contribution in [0.4, 0.5) is 5.95 Å². The number of hydrogen-bond donors (Lipinski definition) is 1. The molecule has 0 aliphatic rings. The van der Waals surface area contributed by atoms with Gasteiger partial charge in [-0.25, -0.2) is 15.4 Å². The van der Waals surface area contributed by atoms with Crippen molar-refractivity contribution >= 4 is 39.0 Å². The Bertz CT molecular complexity index is 1030. The second-order valence-electron chi connectivity index (χ2n) is 5.31. The van der Waals surface area contributed by atoms with Gasteiger partial charge in [0, 0.05) is 15.4 Å². The number of aromatic nitrogens is 2. The molecule has 0 spiro atoms. The first-order chi connectivity index (χ1) is 12.3. The average molecular weight is 393 g/mol. The lowest BCUT2D eigenvalue weighted by molar-refractivity contribution is 0.560. The van der Waals surface area contributed by atoms with E-state index >= 15 is 0 Å². The van der Waals surface area contributed by atoms with E-state index in [1.807, 2.05) is 54.6 Å². The monoisotopic (exact) mass is 392 g/mol. The lowest BCUT2D eigenvalue weighted by Gasteiger charge is -2.09. The van der Waals surface area contributed by atoms with Crippen LogP contribution in [0.25, 0.3) is 22.2 Å². The molecule has 0 atom stereocenters. The Labute approximate surface area is 152 Å². The smallest absolute Gasteiger partial charge is 0.244 e. The van der Waals surface area contributed by atoms with Gasteiger partial charge in [0.15, 0.2) is 0 Å². The number of fused-ring (bicyclic) bond motifs is 1. The Morgan fingerprint density at radius 3 is 2.68 bits per heavy atom. The molecule has 0 bridgehead atoms. The van der Waals surface area contributed by atoms with E-state index in [1.165, 1.54) is 0 Å². The minimum absolute atomic E-state index is 0.427. The van der Waals surface area contributed by atoms with Gasteiger partial charge in [0.2, 0.25) is 5.95 Å². The lowest BCUT2D eigenvalue weighted by Crippen LogP contribution is -1.99. The summed E-state index contributed by atoms with van der Waals surface area (Å²) in [6.07, 6.45) is 3.18. The van der Waals surface area contributed by atoms with Gasteiger partial charge in [0.1, 0.15) is 5.76 Å². The van der Waals surface area contributed by atoms with Gasteiger partial charge in [-0.3, -0.25) is 0 Å². The molecule has 0 unspecified atom stereocenters. The number of hydrogen-bond acceptors (Lipinski definition) is 5. The summed E-state index contributed by atoms with van der Waals surface area (Å²) in [5.41, 5.74) is 5.58. The zero-order valence-corrected chi connectivity index (χ0v) is 14.6. The number of halogens is 1. The van der Waals surface area contributed by atoms with Crippen LogP contribution in [0.5, 0.6) is 0 Å². The van der Waals surface area contributed by atoms with Crippen molar-refractivity contribution in [2.75, 3.05) is 5.43 Å². The van der Waals surface area contributed by atoms with Gasteiger partial charge in [-0.15, -0.1) is 0 Å². The summed E-state index contributed by atoms with van der Waals surface area (Å²) in [7, 11) is 0. The van der Waals surface area contributed by atoms with E-state index in [4.69, 9.17) is 4.42 Å². The Morgan fingerprint density at radius 2 is 1.88 bits per heavy atom. The van der Waals surface area contributed by atoms with Crippen molar-refractivity contribution in [2.45, 2.75) is 0 Å². The predicted molar refractivity (Wildman–Crippen MR) is 103 cm³/mol. The largest absolute Gasteiger partial charge is 0.463 e. The first-order valence-corrected chi connectivity index (χ1v) is 8.44. The number of hydrazone groups is 1. The molecule has 2 aromatic heterocycles. The van der Waals surface area contributed by atoms with E-state index in [1.54, 1.807) is 18.5 Å². The molecule has 2 aromatic carbocycles. The van der Waals surface area contributed by atoms with Gasteiger partial charge in [-0.05, 0) is 30.3 Å². The first kappa shape index (κ1) is 15.5. The van der Waals surface area contributed by atoms with Crippen LogP contribution in [0.1, 0.15) is 5.76 Å². The SMILES string of the molecule is Brc1ccc2nc(N/N=C/c3ccco3)nc(-c3ccccc3)c2c1. The number of furan rings is 1. The minimum Gasteiger partial charge on any atom is -0.463 e. The maximum absolute atomic E-state index is 5.21. The maximum atomic E-state index is 5.21. The average Bonchev–Trinajstić information content (AvgIpc) is 3.15. The second-order valence-corrected chi connectivity index (χ2v) is 6.22. The van der Waals surface area contributed by atoms with Gasteiger partial charge in [-0.1, -0.05) is 46.3 Å². The fourth-order valence-corrected chi connectivity index (χ4v) is 2.85. The zero-order valence-electron chi connectivity index (χ0n) is 13.1. The van der Waals surface area contributed by atoms with Crippen molar-refractivity contribution in [3.05, 3.63) is 77.2 Å². The Morgan fingerprint density at radius 1 is 1.00 bits per heavy atom. The molecule has 5 nitrogen and oxygen atoms in total. The summed E-state index contributed by atoms with van der Waals surface area (Å²) >= 11 is 3.52. The van der Waals surface area contributed by atoms with Gasteiger partial charge < -0.3 is 4.42 Å². The number of nitrogens with zero attached hydrogens (tertiary/aromatic N) is 3. The van der Waals surface area contributed by atoms with Gasteiger partial charge >= 0.3 is 0 Å². The van der Waals surface area contributed by atoms with E-state index in [9.17, 15) is 0 Å². The third-order valence-electron chi connectivity index (χ3n) is 3.60. The van der Waals surface area contributed by atoms with E-state index < -0.39 is 0 Å². The lowest BCUT2D eigenvalue weighted by atomic mass is 10.1. The molecule has 1 N–H and O–H groups in total. The van der Waals surface area contributed by atoms with Crippen molar-refractivity contribution in [3.8, 4) is 11.3 Å². The molecule has 0 saturated heterocycles. The first-order valence-electron chi connectivity index (χ1n) is 7.65. The molecule has 25 heavy (non-hydrogen) atoms. The Hall–Kier alpha value is -2.99. The highest BCUT2D eigenvalue weighted by Crippen LogP contribution is 2.29. The summed E-state index contributed by atoms with van der Waals surface area (Å²) in [6, 6.07) is 19.6. The summed E-state index contributed by atoms with van der Waals surface area (Å²) < 4.78 is 6.20. The van der Waals surface area contributed by atoms with Crippen LogP contribution in [0.3, 0.4) is 0 Å². The molecule has 4 rings (SSSR count). The van der Waals surface area contributed by atoms with E-state index in [0.717, 1.165) is 26.6 Å². The fraction of sp³-hybridized carbons (Fsp3) is 0. The second kappa shape index (κ2) is 6.86. The Kier molecular flexibility index (Phi) is 4.26. The third kappa shape index (κ3) is 3.44. The summed E-state index contributed by atoms with van der Waals surface area (Å²) in [6.45, 7) is 0. The van der Waals surface area contributed by atoms with Crippen molar-refractivity contribution in [3.63, 3.8) is 0 Å². The molecule has 0 amide bonds. The van der Waals surface area contributed by atoms with Crippen molar-refractivity contribution in [2.24, 2.45) is 5.10 Å². The van der Waals surface area contributed by atoms with Crippen LogP contribution in [0, 0.1) is 0 Å². The molecule has 0 radical (unpaired) electrons.